The normalized spacial score (nSPS) is 10.6. The zero-order valence-corrected chi connectivity index (χ0v) is 14.0. The monoisotopic (exact) mass is 404 g/mol. The summed E-state index contributed by atoms with van der Waals surface area (Å²) in [6.45, 7) is 1.62. The van der Waals surface area contributed by atoms with Crippen LogP contribution in [0.25, 0.3) is 0 Å². The molecule has 108 valence electrons. The van der Waals surface area contributed by atoms with Gasteiger partial charge < -0.3 is 19.2 Å². The van der Waals surface area contributed by atoms with Crippen LogP contribution >= 0.6 is 31.9 Å². The maximum atomic E-state index is 5.47. The van der Waals surface area contributed by atoms with Crippen LogP contribution in [0.1, 0.15) is 5.76 Å². The topological polar surface area (TPSA) is 56.5 Å². The van der Waals surface area contributed by atoms with Crippen LogP contribution in [0.15, 0.2) is 38.0 Å². The van der Waals surface area contributed by atoms with Gasteiger partial charge in [0.1, 0.15) is 12.4 Å². The van der Waals surface area contributed by atoms with Gasteiger partial charge in [-0.1, -0.05) is 0 Å². The lowest BCUT2D eigenvalue weighted by atomic mass is 10.4. The van der Waals surface area contributed by atoms with Gasteiger partial charge in [-0.2, -0.15) is 0 Å². The number of nitrogens with zero attached hydrogens (tertiary/aromatic N) is 1. The second-order valence-corrected chi connectivity index (χ2v) is 5.49. The van der Waals surface area contributed by atoms with Gasteiger partial charge in [-0.15, -0.1) is 0 Å². The Bertz CT molecular complexity index is 524. The van der Waals surface area contributed by atoms with Crippen LogP contribution in [0.4, 0.5) is 5.69 Å². The minimum atomic E-state index is 0.491. The molecule has 0 bridgehead atoms. The van der Waals surface area contributed by atoms with E-state index in [1.807, 2.05) is 18.2 Å². The van der Waals surface area contributed by atoms with Crippen molar-refractivity contribution in [3.8, 4) is 5.88 Å². The highest BCUT2D eigenvalue weighted by Crippen LogP contribution is 2.27. The second kappa shape index (κ2) is 7.66. The molecule has 0 radical (unpaired) electrons. The summed E-state index contributed by atoms with van der Waals surface area (Å²) < 4.78 is 17.4. The van der Waals surface area contributed by atoms with Gasteiger partial charge in [-0.3, -0.25) is 0 Å². The first-order chi connectivity index (χ1) is 9.69. The van der Waals surface area contributed by atoms with Gasteiger partial charge in [0, 0.05) is 13.2 Å². The summed E-state index contributed by atoms with van der Waals surface area (Å²) in [6.07, 6.45) is 1.72. The quantitative estimate of drug-likeness (QED) is 0.709. The first-order valence-electron chi connectivity index (χ1n) is 5.94. The molecule has 0 aliphatic heterocycles. The SMILES string of the molecule is COCCOc1ccc(NCc2cc(Br)c(Br)o2)cn1. The number of pyridine rings is 1. The summed E-state index contributed by atoms with van der Waals surface area (Å²) in [5.74, 6) is 1.40. The molecule has 2 heterocycles. The molecule has 20 heavy (non-hydrogen) atoms. The number of nitrogens with one attached hydrogen (secondary N) is 1. The highest BCUT2D eigenvalue weighted by Gasteiger charge is 2.05. The predicted octanol–water partition coefficient (Wildman–Crippen LogP) is 3.84. The zero-order valence-electron chi connectivity index (χ0n) is 10.9. The lowest BCUT2D eigenvalue weighted by molar-refractivity contribution is 0.144. The van der Waals surface area contributed by atoms with E-state index in [1.165, 1.54) is 0 Å². The molecule has 5 nitrogen and oxygen atoms in total. The van der Waals surface area contributed by atoms with Crippen molar-refractivity contribution < 1.29 is 13.9 Å². The van der Waals surface area contributed by atoms with E-state index in [0.717, 1.165) is 15.9 Å². The Labute approximate surface area is 133 Å². The number of anilines is 1. The Morgan fingerprint density at radius 2 is 2.15 bits per heavy atom. The fourth-order valence-electron chi connectivity index (χ4n) is 1.47. The van der Waals surface area contributed by atoms with Crippen LogP contribution in [0.5, 0.6) is 5.88 Å². The lowest BCUT2D eigenvalue weighted by Gasteiger charge is -2.06. The molecule has 2 aromatic rings. The van der Waals surface area contributed by atoms with Gasteiger partial charge in [0.25, 0.3) is 0 Å². The first-order valence-corrected chi connectivity index (χ1v) is 7.53. The molecule has 0 fully saturated rings. The summed E-state index contributed by atoms with van der Waals surface area (Å²) in [7, 11) is 1.63. The number of halogens is 2. The number of aromatic nitrogens is 1. The van der Waals surface area contributed by atoms with Crippen molar-refractivity contribution in [2.75, 3.05) is 25.6 Å². The van der Waals surface area contributed by atoms with E-state index in [4.69, 9.17) is 13.9 Å². The molecule has 2 aromatic heterocycles. The molecule has 0 saturated carbocycles. The summed E-state index contributed by atoms with van der Waals surface area (Å²) in [5.41, 5.74) is 0.896. The fraction of sp³-hybridized carbons (Fsp3) is 0.308. The van der Waals surface area contributed by atoms with Crippen molar-refractivity contribution in [3.05, 3.63) is 39.3 Å². The molecule has 2 rings (SSSR count). The zero-order chi connectivity index (χ0) is 14.4. The van der Waals surface area contributed by atoms with Gasteiger partial charge in [-0.25, -0.2) is 4.98 Å². The first kappa shape index (κ1) is 15.3. The Morgan fingerprint density at radius 3 is 2.75 bits per heavy atom. The average Bonchev–Trinajstić information content (AvgIpc) is 2.77. The number of hydrogen-bond acceptors (Lipinski definition) is 5. The highest BCUT2D eigenvalue weighted by molar-refractivity contribution is 9.13. The fourth-order valence-corrected chi connectivity index (χ4v) is 2.13. The summed E-state index contributed by atoms with van der Waals surface area (Å²) >= 11 is 6.68. The van der Waals surface area contributed by atoms with Gasteiger partial charge in [0.15, 0.2) is 4.67 Å². The van der Waals surface area contributed by atoms with Crippen molar-refractivity contribution in [1.29, 1.82) is 0 Å². The van der Waals surface area contributed by atoms with Crippen molar-refractivity contribution >= 4 is 37.5 Å². The molecule has 0 aromatic carbocycles. The molecular weight excluding hydrogens is 392 g/mol. The van der Waals surface area contributed by atoms with Crippen LogP contribution in [0.2, 0.25) is 0 Å². The second-order valence-electron chi connectivity index (χ2n) is 3.91. The molecule has 1 N–H and O–H groups in total. The van der Waals surface area contributed by atoms with Crippen LogP contribution in [0, 0.1) is 0 Å². The van der Waals surface area contributed by atoms with Crippen molar-refractivity contribution in [2.45, 2.75) is 6.54 Å². The van der Waals surface area contributed by atoms with Crippen LogP contribution < -0.4 is 10.1 Å². The number of methoxy groups -OCH3 is 1. The number of ether oxygens (including phenoxy) is 2. The minimum Gasteiger partial charge on any atom is -0.475 e. The highest BCUT2D eigenvalue weighted by atomic mass is 79.9. The van der Waals surface area contributed by atoms with Gasteiger partial charge >= 0.3 is 0 Å². The number of furan rings is 1. The predicted molar refractivity (Wildman–Crippen MR) is 83.0 cm³/mol. The van der Waals surface area contributed by atoms with Crippen LogP contribution in [-0.2, 0) is 11.3 Å². The standard InChI is InChI=1S/C13H14Br2N2O3/c1-18-4-5-19-12-3-2-9(7-17-12)16-8-10-6-11(14)13(15)20-10/h2-3,6-7,16H,4-5,8H2,1H3. The molecule has 0 aliphatic rings. The molecule has 0 unspecified atom stereocenters. The third kappa shape index (κ3) is 4.50. The Hall–Kier alpha value is -1.05. The minimum absolute atomic E-state index is 0.491. The summed E-state index contributed by atoms with van der Waals surface area (Å²) in [5, 5.41) is 3.22. The molecule has 7 heteroatoms. The Kier molecular flexibility index (Phi) is 5.87. The summed E-state index contributed by atoms with van der Waals surface area (Å²) in [6, 6.07) is 5.63. The lowest BCUT2D eigenvalue weighted by Crippen LogP contribution is -2.05. The van der Waals surface area contributed by atoms with E-state index in [0.29, 0.717) is 30.3 Å². The van der Waals surface area contributed by atoms with E-state index in [1.54, 1.807) is 13.3 Å². The molecule has 0 saturated heterocycles. The van der Waals surface area contributed by atoms with Crippen LogP contribution in [-0.4, -0.2) is 25.3 Å². The molecule has 0 atom stereocenters. The Morgan fingerprint density at radius 1 is 1.30 bits per heavy atom. The van der Waals surface area contributed by atoms with Gasteiger partial charge in [0.2, 0.25) is 5.88 Å². The Balaban J connectivity index is 1.84. The van der Waals surface area contributed by atoms with E-state index in [9.17, 15) is 0 Å². The third-order valence-electron chi connectivity index (χ3n) is 2.44. The van der Waals surface area contributed by atoms with Gasteiger partial charge in [0.05, 0.1) is 29.5 Å². The average molecular weight is 406 g/mol. The van der Waals surface area contributed by atoms with E-state index >= 15 is 0 Å². The summed E-state index contributed by atoms with van der Waals surface area (Å²) in [4.78, 5) is 4.20. The largest absolute Gasteiger partial charge is 0.475 e. The third-order valence-corrected chi connectivity index (χ3v) is 4.15. The van der Waals surface area contributed by atoms with Crippen molar-refractivity contribution in [1.82, 2.24) is 4.98 Å². The van der Waals surface area contributed by atoms with E-state index in [-0.39, 0.29) is 0 Å². The number of rotatable bonds is 7. The maximum Gasteiger partial charge on any atom is 0.213 e. The van der Waals surface area contributed by atoms with E-state index in [2.05, 4.69) is 42.2 Å². The molecule has 0 spiro atoms. The van der Waals surface area contributed by atoms with E-state index < -0.39 is 0 Å². The maximum absolute atomic E-state index is 5.47. The van der Waals surface area contributed by atoms with Crippen molar-refractivity contribution in [3.63, 3.8) is 0 Å². The molecular formula is C13H14Br2N2O3. The molecule has 0 aliphatic carbocycles. The van der Waals surface area contributed by atoms with Crippen LogP contribution in [0.3, 0.4) is 0 Å². The van der Waals surface area contributed by atoms with Gasteiger partial charge in [-0.05, 0) is 44.0 Å². The smallest absolute Gasteiger partial charge is 0.213 e. The number of hydrogen-bond donors (Lipinski definition) is 1. The van der Waals surface area contributed by atoms with Crippen molar-refractivity contribution in [2.24, 2.45) is 0 Å². The molecule has 0 amide bonds.